The Morgan fingerprint density at radius 3 is 1.72 bits per heavy atom. The lowest BCUT2D eigenvalue weighted by molar-refractivity contribution is -0.145. The molecule has 0 saturated carbocycles. The number of amides is 8. The van der Waals surface area contributed by atoms with E-state index in [2.05, 4.69) is 71.6 Å². The first-order valence-corrected chi connectivity index (χ1v) is 39.5. The topological polar surface area (TPSA) is 458 Å². The monoisotopic (exact) mass is 1660 g/mol. The molecule has 32 nitrogen and oxygen atoms in total. The van der Waals surface area contributed by atoms with Gasteiger partial charge in [-0.15, -0.1) is 0 Å². The SMILES string of the molecule is COC(=O)C(CCCCNC(=O)CCCc1ccc(I)cc1)NC(=O)C(CCC(=O)NCCCCCC(=O)N[C@@H](CCCNC(=O)C[C@H](C)CCCOP(=O)(O)NC(CCC(=O)O)C(=O)O)C(=O)O)NC(=O)CCOCCOCCOCCOCCNC(=O)CCC(=O)N1Cc2ccccc2C#Cc2ccccc21. The van der Waals surface area contributed by atoms with Crippen molar-refractivity contribution >= 4 is 107 Å². The van der Waals surface area contributed by atoms with Crippen molar-refractivity contribution in [2.45, 2.75) is 179 Å². The Morgan fingerprint density at radius 2 is 1.05 bits per heavy atom. The molecule has 1 heterocycles. The molecule has 602 valence electrons. The number of aliphatic carboxylic acids is 3. The fourth-order valence-corrected chi connectivity index (χ4v) is 12.5. The van der Waals surface area contributed by atoms with Gasteiger partial charge in [-0.2, -0.15) is 0 Å². The van der Waals surface area contributed by atoms with Crippen LogP contribution in [0.3, 0.4) is 0 Å². The zero-order valence-electron chi connectivity index (χ0n) is 62.1. The molecule has 0 bridgehead atoms. The van der Waals surface area contributed by atoms with E-state index >= 15 is 0 Å². The van der Waals surface area contributed by atoms with E-state index in [1.807, 2.05) is 77.9 Å². The second-order valence-corrected chi connectivity index (χ2v) is 28.7. The molecule has 3 aromatic rings. The fourth-order valence-electron chi connectivity index (χ4n) is 11.0. The van der Waals surface area contributed by atoms with Gasteiger partial charge in [-0.1, -0.05) is 67.6 Å². The number of carbonyl (C=O) groups excluding carboxylic acids is 9. The first-order chi connectivity index (χ1) is 52.3. The van der Waals surface area contributed by atoms with Crippen LogP contribution in [-0.2, 0) is 103 Å². The summed E-state index contributed by atoms with van der Waals surface area (Å²) in [6.07, 6.45) is 3.55. The van der Waals surface area contributed by atoms with Crippen LogP contribution in [0, 0.1) is 21.3 Å². The van der Waals surface area contributed by atoms with E-state index in [0.717, 1.165) is 32.2 Å². The predicted octanol–water partition coefficient (Wildman–Crippen LogP) is 5.10. The van der Waals surface area contributed by atoms with Gasteiger partial charge in [0.05, 0.1) is 78.8 Å². The van der Waals surface area contributed by atoms with Crippen LogP contribution in [0.1, 0.15) is 164 Å². The number of para-hydroxylation sites is 1. The Bertz CT molecular complexity index is 3510. The predicted molar refractivity (Wildman–Crippen MR) is 408 cm³/mol. The van der Waals surface area contributed by atoms with Gasteiger partial charge in [0.1, 0.15) is 24.2 Å². The Hall–Kier alpha value is -8.46. The molecule has 0 spiro atoms. The highest BCUT2D eigenvalue weighted by Crippen LogP contribution is 2.38. The number of fused-ring (bicyclic) bond motifs is 2. The van der Waals surface area contributed by atoms with Crippen molar-refractivity contribution in [3.8, 4) is 11.8 Å². The smallest absolute Gasteiger partial charge is 0.403 e. The number of methoxy groups -OCH3 is 1. The molecule has 109 heavy (non-hydrogen) atoms. The van der Waals surface area contributed by atoms with Crippen LogP contribution < -0.4 is 47.2 Å². The number of halogens is 1. The third-order valence-electron chi connectivity index (χ3n) is 17.0. The summed E-state index contributed by atoms with van der Waals surface area (Å²) in [6, 6.07) is 18.0. The van der Waals surface area contributed by atoms with Crippen LogP contribution >= 0.6 is 30.3 Å². The summed E-state index contributed by atoms with van der Waals surface area (Å²) in [5.74, 6) is -1.78. The van der Waals surface area contributed by atoms with Crippen LogP contribution in [0.15, 0.2) is 72.8 Å². The zero-order chi connectivity index (χ0) is 79.6. The van der Waals surface area contributed by atoms with Crippen molar-refractivity contribution in [1.82, 2.24) is 42.3 Å². The van der Waals surface area contributed by atoms with Gasteiger partial charge in [0, 0.05) is 92.2 Å². The first kappa shape index (κ1) is 92.9. The second kappa shape index (κ2) is 54.2. The van der Waals surface area contributed by atoms with E-state index in [9.17, 15) is 77.2 Å². The van der Waals surface area contributed by atoms with Crippen molar-refractivity contribution in [2.75, 3.05) is 97.7 Å². The molecular formula is C75H107IN9O23P. The number of nitrogens with one attached hydrogen (secondary N) is 8. The number of esters is 1. The van der Waals surface area contributed by atoms with Gasteiger partial charge in [0.2, 0.25) is 47.3 Å². The van der Waals surface area contributed by atoms with E-state index in [4.69, 9.17) is 33.3 Å². The first-order valence-electron chi connectivity index (χ1n) is 36.8. The molecule has 0 aromatic heterocycles. The number of carbonyl (C=O) groups is 12. The summed E-state index contributed by atoms with van der Waals surface area (Å²) >= 11 is 2.23. The van der Waals surface area contributed by atoms with Crippen LogP contribution in [0.25, 0.3) is 0 Å². The van der Waals surface area contributed by atoms with E-state index < -0.39 is 92.3 Å². The number of hydrogen-bond donors (Lipinski definition) is 12. The number of nitrogens with zero attached hydrogens (tertiary/aromatic N) is 1. The Balaban J connectivity index is 1.11. The number of anilines is 1. The minimum absolute atomic E-state index is 0.00662. The molecule has 8 amide bonds. The average Bonchev–Trinajstić information content (AvgIpc) is 0.805. The van der Waals surface area contributed by atoms with Gasteiger partial charge >= 0.3 is 31.6 Å². The highest BCUT2D eigenvalue weighted by atomic mass is 127. The van der Waals surface area contributed by atoms with Gasteiger partial charge < -0.3 is 86.0 Å². The minimum Gasteiger partial charge on any atom is -0.481 e. The fraction of sp³-hybridized carbons (Fsp3) is 0.573. The van der Waals surface area contributed by atoms with Crippen molar-refractivity contribution < 1.29 is 111 Å². The summed E-state index contributed by atoms with van der Waals surface area (Å²) in [5, 5.41) is 48.7. The summed E-state index contributed by atoms with van der Waals surface area (Å²) < 4.78 is 45.7. The quantitative estimate of drug-likeness (QED) is 0.0115. The normalized spacial score (nSPS) is 13.4. The number of carboxylic acids is 3. The van der Waals surface area contributed by atoms with Crippen molar-refractivity contribution in [2.24, 2.45) is 5.92 Å². The van der Waals surface area contributed by atoms with Crippen LogP contribution in [0.2, 0.25) is 0 Å². The Labute approximate surface area is 649 Å². The van der Waals surface area contributed by atoms with Gasteiger partial charge in [0.25, 0.3) is 0 Å². The number of rotatable bonds is 59. The summed E-state index contributed by atoms with van der Waals surface area (Å²) in [7, 11) is -3.40. The number of carboxylic acid groups (broad SMARTS) is 3. The molecule has 1 aliphatic rings. The maximum atomic E-state index is 13.9. The summed E-state index contributed by atoms with van der Waals surface area (Å²) in [4.78, 5) is 163. The molecule has 0 fully saturated rings. The molecule has 0 aliphatic carbocycles. The number of aryl methyl sites for hydroxylation is 1. The highest BCUT2D eigenvalue weighted by molar-refractivity contribution is 14.1. The maximum absolute atomic E-state index is 13.9. The summed E-state index contributed by atoms with van der Waals surface area (Å²) in [5.41, 5.74) is 4.35. The maximum Gasteiger partial charge on any atom is 0.403 e. The number of benzene rings is 3. The van der Waals surface area contributed by atoms with E-state index in [-0.39, 0.29) is 179 Å². The molecule has 34 heteroatoms. The molecular weight excluding hydrogens is 1550 g/mol. The van der Waals surface area contributed by atoms with E-state index in [1.165, 1.54) is 7.11 Å². The molecule has 1 aliphatic heterocycles. The standard InChI is InChI=1S/C75H107IN9O23P/c1-53(15-14-42-108-109(101,102)84-61(74(98)99)32-36-71(93)94)51-69(91)79-40-13-21-60(73(96)97)82-67(89)23-4-3-10-38-78-65(87)33-31-59(72(95)83-62(75(100)103-2)20-9-11-39-77-64(86)24-12-16-54-25-29-58(76)30-26-54)81-68(90)37-43-104-45-47-106-49-50-107-48-46-105-44-41-80-66(88)34-35-70(92)85-52-57-19-6-5-17-55(57)27-28-56-18-7-8-22-63(56)85/h5-8,17-19,22,25-26,29-30,53,59-62H,3-4,9-16,20-21,23-24,31-52H2,1-2H3,(H,77,86)(H,78,87)(H,79,91)(H,80,88)(H,81,90)(H,82,89)(H,83,95)(H,93,94)(H,96,97)(H,98,99)(H2,84,101,102)/t53-,59?,60+,61?,62?/m1/s1. The van der Waals surface area contributed by atoms with Gasteiger partial charge in [-0.25, -0.2) is 19.2 Å². The number of ether oxygens (including phenoxy) is 5. The van der Waals surface area contributed by atoms with Crippen molar-refractivity contribution in [3.63, 3.8) is 0 Å². The highest BCUT2D eigenvalue weighted by Gasteiger charge is 2.31. The van der Waals surface area contributed by atoms with E-state index in [0.29, 0.717) is 70.1 Å². The lowest BCUT2D eigenvalue weighted by Gasteiger charge is -2.26. The second-order valence-electron chi connectivity index (χ2n) is 25.9. The van der Waals surface area contributed by atoms with Crippen LogP contribution in [0.4, 0.5) is 5.69 Å². The molecule has 3 aromatic carbocycles. The average molecular weight is 1660 g/mol. The zero-order valence-corrected chi connectivity index (χ0v) is 65.1. The van der Waals surface area contributed by atoms with E-state index in [1.54, 1.807) is 11.8 Å². The molecule has 0 radical (unpaired) electrons. The Kier molecular flexibility index (Phi) is 46.2. The molecule has 6 atom stereocenters. The molecule has 0 saturated heterocycles. The van der Waals surface area contributed by atoms with Crippen molar-refractivity contribution in [1.29, 1.82) is 0 Å². The largest absolute Gasteiger partial charge is 0.481 e. The molecule has 4 rings (SSSR count). The van der Waals surface area contributed by atoms with Crippen LogP contribution in [-0.4, -0.2) is 208 Å². The van der Waals surface area contributed by atoms with Crippen molar-refractivity contribution in [3.05, 3.63) is 98.6 Å². The lowest BCUT2D eigenvalue weighted by atomic mass is 10.0. The Morgan fingerprint density at radius 1 is 0.495 bits per heavy atom. The number of unbranched alkanes of at least 4 members (excludes halogenated alkanes) is 3. The van der Waals surface area contributed by atoms with Gasteiger partial charge in [-0.3, -0.25) is 52.5 Å². The minimum atomic E-state index is -4.58. The lowest BCUT2D eigenvalue weighted by Crippen LogP contribution is -2.52. The van der Waals surface area contributed by atoms with Gasteiger partial charge in [-0.05, 0) is 153 Å². The molecule has 12 N–H and O–H groups in total. The summed E-state index contributed by atoms with van der Waals surface area (Å²) in [6.45, 7) is 4.32. The van der Waals surface area contributed by atoms with Gasteiger partial charge in [0.15, 0.2) is 0 Å². The number of hydrogen-bond acceptors (Lipinski definition) is 19. The molecule has 4 unspecified atom stereocenters. The third-order valence-corrected chi connectivity index (χ3v) is 18.9. The van der Waals surface area contributed by atoms with Crippen LogP contribution in [0.5, 0.6) is 0 Å². The third kappa shape index (κ3) is 41.8.